The summed E-state index contributed by atoms with van der Waals surface area (Å²) in [5.74, 6) is -1.67. The molecule has 0 bridgehead atoms. The Hall–Kier alpha value is -1.97. The fourth-order valence-electron chi connectivity index (χ4n) is 2.06. The van der Waals surface area contributed by atoms with E-state index in [0.29, 0.717) is 0 Å². The van der Waals surface area contributed by atoms with E-state index < -0.39 is 68.2 Å². The molecule has 0 amide bonds. The lowest BCUT2D eigenvalue weighted by atomic mass is 10.2. The Balaban J connectivity index is 2.82. The number of rotatable bonds is 4. The van der Waals surface area contributed by atoms with Gasteiger partial charge in [0.2, 0.25) is 16.6 Å². The number of hydrogen-bond donors (Lipinski definition) is 0. The molecule has 0 aliphatic heterocycles. The molecule has 0 aliphatic carbocycles. The molecule has 0 saturated heterocycles. The van der Waals surface area contributed by atoms with Gasteiger partial charge >= 0.3 is 6.18 Å². The van der Waals surface area contributed by atoms with E-state index in [4.69, 9.17) is 16.9 Å². The molecule has 1 aromatic carbocycles. The first kappa shape index (κ1) is 20.3. The van der Waals surface area contributed by atoms with Gasteiger partial charge in [0.25, 0.3) is 6.43 Å². The summed E-state index contributed by atoms with van der Waals surface area (Å²) in [6.45, 7) is 0. The molecule has 26 heavy (non-hydrogen) atoms. The maximum Gasteiger partial charge on any atom is 0.416 e. The summed E-state index contributed by atoms with van der Waals surface area (Å²) < 4.78 is 103. The molecule has 140 valence electrons. The number of aromatic nitrogens is 2. The van der Waals surface area contributed by atoms with E-state index in [2.05, 4.69) is 5.10 Å². The smallest absolute Gasteiger partial charge is 0.416 e. The Bertz CT molecular complexity index is 855. The van der Waals surface area contributed by atoms with Crippen LogP contribution in [0.15, 0.2) is 17.0 Å². The van der Waals surface area contributed by atoms with Gasteiger partial charge in [-0.25, -0.2) is 17.9 Å². The summed E-state index contributed by atoms with van der Waals surface area (Å²) in [6, 6.07) is -0.0668. The molecule has 2 aromatic rings. The number of benzene rings is 1. The number of hydrogen-bond acceptors (Lipinski definition) is 3. The van der Waals surface area contributed by atoms with Crippen LogP contribution in [0, 0.1) is 17.1 Å². The number of nitriles is 1. The third-order valence-electron chi connectivity index (χ3n) is 3.07. The van der Waals surface area contributed by atoms with Gasteiger partial charge in [-0.05, 0) is 12.1 Å². The lowest BCUT2D eigenvalue weighted by Crippen LogP contribution is -2.12. The highest BCUT2D eigenvalue weighted by Gasteiger charge is 2.37. The molecule has 2 rings (SSSR count). The molecule has 0 radical (unpaired) electrons. The minimum absolute atomic E-state index is 0.00399. The zero-order valence-electron chi connectivity index (χ0n) is 12.1. The van der Waals surface area contributed by atoms with Gasteiger partial charge in [-0.3, -0.25) is 0 Å². The highest BCUT2D eigenvalue weighted by molar-refractivity contribution is 7.91. The highest BCUT2D eigenvalue weighted by atomic mass is 35.5. The predicted molar refractivity (Wildman–Crippen MR) is 75.6 cm³/mol. The van der Waals surface area contributed by atoms with E-state index in [1.807, 2.05) is 0 Å². The summed E-state index contributed by atoms with van der Waals surface area (Å²) in [6.07, 6.45) is -8.47. The number of halogens is 8. The van der Waals surface area contributed by atoms with Gasteiger partial charge < -0.3 is 4.55 Å². The summed E-state index contributed by atoms with van der Waals surface area (Å²) in [5.41, 5.74) is -4.71. The van der Waals surface area contributed by atoms with Crippen LogP contribution in [0.2, 0.25) is 5.02 Å². The average molecular weight is 420 g/mol. The molecular weight excluding hydrogens is 415 g/mol. The molecule has 1 aromatic heterocycles. The number of alkyl halides is 6. The summed E-state index contributed by atoms with van der Waals surface area (Å²) in [4.78, 5) is -0.986. The largest absolute Gasteiger partial charge is 0.609 e. The van der Waals surface area contributed by atoms with Gasteiger partial charge in [-0.2, -0.15) is 27.9 Å². The lowest BCUT2D eigenvalue weighted by molar-refractivity contribution is -0.137. The molecule has 1 atom stereocenters. The maximum atomic E-state index is 14.2. The molecule has 0 unspecified atom stereocenters. The summed E-state index contributed by atoms with van der Waals surface area (Å²) in [5, 5.41) is 11.3. The van der Waals surface area contributed by atoms with Crippen molar-refractivity contribution in [2.75, 3.05) is 6.01 Å². The third-order valence-corrected chi connectivity index (χ3v) is 4.42. The fraction of sp³-hybridized carbons (Fsp3) is 0.231. The van der Waals surface area contributed by atoms with E-state index >= 15 is 0 Å². The standard InChI is InChI=1S/C13H5ClF7N3OS/c14-6-1-5(13(19,20)21)2-7(16)9(6)24-10(12(17)18)11(26(25)4-15)8(3-22)23-24/h1-2,12H,4H2/t26-/m0/s1. The molecule has 0 spiro atoms. The zero-order valence-corrected chi connectivity index (χ0v) is 13.7. The predicted octanol–water partition coefficient (Wildman–Crippen LogP) is 4.53. The maximum absolute atomic E-state index is 14.2. The first-order valence-corrected chi connectivity index (χ1v) is 8.04. The van der Waals surface area contributed by atoms with E-state index in [1.54, 1.807) is 0 Å². The van der Waals surface area contributed by atoms with E-state index in [9.17, 15) is 35.3 Å². The summed E-state index contributed by atoms with van der Waals surface area (Å²) in [7, 11) is 0. The van der Waals surface area contributed by atoms with Crippen molar-refractivity contribution >= 4 is 22.8 Å². The van der Waals surface area contributed by atoms with Crippen LogP contribution in [-0.4, -0.2) is 20.3 Å². The Morgan fingerprint density at radius 2 is 1.96 bits per heavy atom. The Morgan fingerprint density at radius 1 is 1.35 bits per heavy atom. The van der Waals surface area contributed by atoms with E-state index in [1.165, 1.54) is 6.07 Å². The fourth-order valence-corrected chi connectivity index (χ4v) is 3.17. The first-order chi connectivity index (χ1) is 12.0. The monoisotopic (exact) mass is 419 g/mol. The second-order valence-corrected chi connectivity index (χ2v) is 6.35. The van der Waals surface area contributed by atoms with Gasteiger partial charge in [-0.15, -0.1) is 0 Å². The van der Waals surface area contributed by atoms with Crippen LogP contribution in [-0.2, 0) is 17.4 Å². The van der Waals surface area contributed by atoms with Crippen molar-refractivity contribution in [1.29, 1.82) is 5.26 Å². The first-order valence-electron chi connectivity index (χ1n) is 6.35. The van der Waals surface area contributed by atoms with E-state index in [-0.39, 0.29) is 16.8 Å². The van der Waals surface area contributed by atoms with Crippen LogP contribution in [0.4, 0.5) is 30.7 Å². The normalized spacial score (nSPS) is 13.1. The van der Waals surface area contributed by atoms with Crippen LogP contribution < -0.4 is 0 Å². The van der Waals surface area contributed by atoms with Crippen molar-refractivity contribution in [1.82, 2.24) is 9.78 Å². The van der Waals surface area contributed by atoms with Crippen molar-refractivity contribution in [2.45, 2.75) is 17.5 Å². The Labute approximate surface area is 149 Å². The molecule has 13 heteroatoms. The van der Waals surface area contributed by atoms with Gasteiger partial charge in [0.05, 0.1) is 10.6 Å². The van der Waals surface area contributed by atoms with Crippen molar-refractivity contribution in [3.8, 4) is 11.8 Å². The van der Waals surface area contributed by atoms with Crippen molar-refractivity contribution in [2.24, 2.45) is 0 Å². The van der Waals surface area contributed by atoms with Gasteiger partial charge in [0, 0.05) is 11.2 Å². The van der Waals surface area contributed by atoms with Crippen LogP contribution in [0.3, 0.4) is 0 Å². The van der Waals surface area contributed by atoms with E-state index in [0.717, 1.165) is 0 Å². The van der Waals surface area contributed by atoms with Gasteiger partial charge in [0.1, 0.15) is 11.8 Å². The molecule has 0 aliphatic rings. The minimum Gasteiger partial charge on any atom is -0.609 e. The molecule has 0 saturated carbocycles. The Morgan fingerprint density at radius 3 is 2.38 bits per heavy atom. The average Bonchev–Trinajstić information content (AvgIpc) is 2.92. The quantitative estimate of drug-likeness (QED) is 0.540. The van der Waals surface area contributed by atoms with Crippen LogP contribution in [0.5, 0.6) is 0 Å². The van der Waals surface area contributed by atoms with Crippen molar-refractivity contribution in [3.05, 3.63) is 39.9 Å². The molecule has 0 fully saturated rings. The zero-order chi connectivity index (χ0) is 19.8. The second-order valence-electron chi connectivity index (χ2n) is 4.63. The molecular formula is C13H5ClF7N3OS. The highest BCUT2D eigenvalue weighted by Crippen LogP contribution is 2.38. The number of nitrogens with zero attached hydrogens (tertiary/aromatic N) is 3. The molecule has 4 nitrogen and oxygen atoms in total. The van der Waals surface area contributed by atoms with Crippen LogP contribution >= 0.6 is 11.6 Å². The van der Waals surface area contributed by atoms with Gasteiger partial charge in [0.15, 0.2) is 11.5 Å². The molecule has 1 heterocycles. The lowest BCUT2D eigenvalue weighted by Gasteiger charge is -2.14. The van der Waals surface area contributed by atoms with Crippen molar-refractivity contribution in [3.63, 3.8) is 0 Å². The van der Waals surface area contributed by atoms with Crippen LogP contribution in [0.25, 0.3) is 5.69 Å². The Kier molecular flexibility index (Phi) is 5.74. The second kappa shape index (κ2) is 7.34. The van der Waals surface area contributed by atoms with Crippen LogP contribution in [0.1, 0.15) is 23.4 Å². The SMILES string of the molecule is N#Cc1nn(-c2c(F)cc(C(F)(F)F)cc2Cl)c(C(F)F)c1[S@@+]([O-])CF. The van der Waals surface area contributed by atoms with Crippen molar-refractivity contribution < 1.29 is 35.3 Å². The van der Waals surface area contributed by atoms with Gasteiger partial charge in [-0.1, -0.05) is 11.6 Å². The minimum atomic E-state index is -4.96. The third kappa shape index (κ3) is 3.60. The summed E-state index contributed by atoms with van der Waals surface area (Å²) >= 11 is 2.87. The topological polar surface area (TPSA) is 64.7 Å². The molecule has 0 N–H and O–H groups in total.